The molecule has 0 aliphatic carbocycles. The van der Waals surface area contributed by atoms with Crippen molar-refractivity contribution in [3.8, 4) is 5.75 Å². The second-order valence-electron chi connectivity index (χ2n) is 10.1. The van der Waals surface area contributed by atoms with Gasteiger partial charge in [-0.15, -0.1) is 0 Å². The number of allylic oxidation sites excluding steroid dienone is 1. The predicted molar refractivity (Wildman–Crippen MR) is 154 cm³/mol. The van der Waals surface area contributed by atoms with E-state index in [0.717, 1.165) is 17.0 Å². The van der Waals surface area contributed by atoms with E-state index < -0.39 is 5.97 Å². The number of carbonyl (C=O) groups is 3. The summed E-state index contributed by atoms with van der Waals surface area (Å²) >= 11 is 0. The summed E-state index contributed by atoms with van der Waals surface area (Å²) in [5.41, 5.74) is 2.90. The number of hydrogen-bond acceptors (Lipinski definition) is 7. The number of nitrogens with zero attached hydrogens (tertiary/aromatic N) is 3. The average molecular weight is 558 g/mol. The third-order valence-corrected chi connectivity index (χ3v) is 7.70. The first-order chi connectivity index (χ1) is 19.9. The quantitative estimate of drug-likeness (QED) is 0.374. The van der Waals surface area contributed by atoms with Gasteiger partial charge in [0.15, 0.2) is 5.76 Å². The van der Waals surface area contributed by atoms with Crippen LogP contribution < -0.4 is 9.64 Å². The van der Waals surface area contributed by atoms with Crippen molar-refractivity contribution in [1.29, 1.82) is 0 Å². The molecule has 2 aromatic carbocycles. The van der Waals surface area contributed by atoms with Crippen LogP contribution in [-0.4, -0.2) is 67.5 Å². The van der Waals surface area contributed by atoms with Gasteiger partial charge in [0.2, 0.25) is 5.91 Å². The summed E-state index contributed by atoms with van der Waals surface area (Å²) in [6.45, 7) is 6.31. The summed E-state index contributed by atoms with van der Waals surface area (Å²) in [6, 6.07) is 20.7. The van der Waals surface area contributed by atoms with Gasteiger partial charge in [-0.3, -0.25) is 9.59 Å². The van der Waals surface area contributed by atoms with Crippen LogP contribution in [0.25, 0.3) is 0 Å². The molecule has 5 rings (SSSR count). The molecule has 9 nitrogen and oxygen atoms in total. The topological polar surface area (TPSA) is 92.5 Å². The van der Waals surface area contributed by atoms with Crippen molar-refractivity contribution in [2.75, 3.05) is 44.8 Å². The molecule has 9 heteroatoms. The number of methoxy groups -OCH3 is 1. The number of benzene rings is 2. The first-order valence-electron chi connectivity index (χ1n) is 13.9. The molecule has 1 unspecified atom stereocenters. The Balaban J connectivity index is 1.29. The van der Waals surface area contributed by atoms with Crippen molar-refractivity contribution in [3.63, 3.8) is 0 Å². The van der Waals surface area contributed by atoms with Crippen LogP contribution in [-0.2, 0) is 20.9 Å². The minimum atomic E-state index is -0.432. The Kier molecular flexibility index (Phi) is 8.42. The third kappa shape index (κ3) is 5.84. The van der Waals surface area contributed by atoms with Crippen LogP contribution >= 0.6 is 0 Å². The average Bonchev–Trinajstić information content (AvgIpc) is 3.48. The fourth-order valence-corrected chi connectivity index (χ4v) is 5.58. The fourth-order valence-electron chi connectivity index (χ4n) is 5.58. The normalized spacial score (nSPS) is 17.6. The minimum absolute atomic E-state index is 0.115. The van der Waals surface area contributed by atoms with Gasteiger partial charge < -0.3 is 28.6 Å². The van der Waals surface area contributed by atoms with E-state index in [0.29, 0.717) is 43.2 Å². The van der Waals surface area contributed by atoms with E-state index in [1.54, 1.807) is 42.9 Å². The SMILES string of the molecule is CCOC(=O)C1=C(C)N(Cc2ccc(C(=O)N3CCN(c4ccccc4OC)CC3)o2)C(=O)CC1c1ccccc1. The zero-order valence-corrected chi connectivity index (χ0v) is 23.7. The fraction of sp³-hybridized carbons (Fsp3) is 0.344. The van der Waals surface area contributed by atoms with Gasteiger partial charge in [-0.1, -0.05) is 42.5 Å². The molecular weight excluding hydrogens is 522 g/mol. The number of hydrogen-bond donors (Lipinski definition) is 0. The Hall–Kier alpha value is -4.53. The van der Waals surface area contributed by atoms with Gasteiger partial charge >= 0.3 is 5.97 Å². The Bertz CT molecular complexity index is 1440. The van der Waals surface area contributed by atoms with E-state index >= 15 is 0 Å². The van der Waals surface area contributed by atoms with Gasteiger partial charge in [-0.2, -0.15) is 0 Å². The highest BCUT2D eigenvalue weighted by Crippen LogP contribution is 2.38. The molecule has 0 radical (unpaired) electrons. The lowest BCUT2D eigenvalue weighted by Gasteiger charge is -2.36. The molecule has 1 aromatic heterocycles. The molecule has 2 aliphatic heterocycles. The summed E-state index contributed by atoms with van der Waals surface area (Å²) in [4.78, 5) is 45.1. The first-order valence-corrected chi connectivity index (χ1v) is 13.9. The van der Waals surface area contributed by atoms with Gasteiger partial charge in [-0.05, 0) is 43.7 Å². The van der Waals surface area contributed by atoms with Crippen molar-refractivity contribution < 1.29 is 28.3 Å². The molecule has 1 saturated heterocycles. The summed E-state index contributed by atoms with van der Waals surface area (Å²) in [5, 5.41) is 0. The number of furan rings is 1. The Morgan fingerprint density at radius 3 is 2.37 bits per heavy atom. The van der Waals surface area contributed by atoms with Crippen LogP contribution in [0.1, 0.15) is 48.1 Å². The smallest absolute Gasteiger partial charge is 0.336 e. The summed E-state index contributed by atoms with van der Waals surface area (Å²) in [6.07, 6.45) is 0.137. The summed E-state index contributed by atoms with van der Waals surface area (Å²) in [5.74, 6) is 0.368. The van der Waals surface area contributed by atoms with Gasteiger partial charge in [0, 0.05) is 44.2 Å². The van der Waals surface area contributed by atoms with Gasteiger partial charge in [0.05, 0.1) is 31.5 Å². The van der Waals surface area contributed by atoms with E-state index in [-0.39, 0.29) is 43.1 Å². The monoisotopic (exact) mass is 557 g/mol. The van der Waals surface area contributed by atoms with Crippen LogP contribution in [0.4, 0.5) is 5.69 Å². The molecule has 0 bridgehead atoms. The molecule has 0 N–H and O–H groups in total. The van der Waals surface area contributed by atoms with Crippen LogP contribution in [0.5, 0.6) is 5.75 Å². The number of rotatable bonds is 8. The number of anilines is 1. The lowest BCUT2D eigenvalue weighted by atomic mass is 9.83. The molecular formula is C32H35N3O6. The van der Waals surface area contributed by atoms with Crippen LogP contribution in [0, 0.1) is 0 Å². The number of amides is 2. The highest BCUT2D eigenvalue weighted by Gasteiger charge is 2.37. The molecule has 2 amide bonds. The maximum absolute atomic E-state index is 13.3. The number of esters is 1. The number of para-hydroxylation sites is 2. The van der Waals surface area contributed by atoms with Crippen molar-refractivity contribution in [2.45, 2.75) is 32.7 Å². The lowest BCUT2D eigenvalue weighted by molar-refractivity contribution is -0.140. The van der Waals surface area contributed by atoms with Crippen LogP contribution in [0.2, 0.25) is 0 Å². The summed E-state index contributed by atoms with van der Waals surface area (Å²) in [7, 11) is 1.65. The second kappa shape index (κ2) is 12.3. The standard InChI is InChI=1S/C32H35N3O6/c1-4-40-32(38)30-22(2)35(29(36)20-25(30)23-10-6-5-7-11-23)21-24-14-15-28(41-24)31(37)34-18-16-33(17-19-34)26-12-8-9-13-27(26)39-3/h5-15,25H,4,16-21H2,1-3H3. The van der Waals surface area contributed by atoms with Gasteiger partial charge in [0.1, 0.15) is 11.5 Å². The molecule has 1 atom stereocenters. The van der Waals surface area contributed by atoms with Gasteiger partial charge in [0.25, 0.3) is 5.91 Å². The Morgan fingerprint density at radius 2 is 1.66 bits per heavy atom. The van der Waals surface area contributed by atoms with E-state index in [1.165, 1.54) is 0 Å². The van der Waals surface area contributed by atoms with Crippen molar-refractivity contribution >= 4 is 23.5 Å². The van der Waals surface area contributed by atoms with E-state index in [2.05, 4.69) is 4.90 Å². The van der Waals surface area contributed by atoms with Gasteiger partial charge in [-0.25, -0.2) is 4.79 Å². The second-order valence-corrected chi connectivity index (χ2v) is 10.1. The molecule has 1 fully saturated rings. The zero-order valence-electron chi connectivity index (χ0n) is 23.7. The highest BCUT2D eigenvalue weighted by atomic mass is 16.5. The van der Waals surface area contributed by atoms with Crippen molar-refractivity contribution in [2.24, 2.45) is 0 Å². The number of piperazine rings is 1. The molecule has 0 saturated carbocycles. The Labute approximate surface area is 239 Å². The molecule has 0 spiro atoms. The third-order valence-electron chi connectivity index (χ3n) is 7.70. The van der Waals surface area contributed by atoms with Crippen molar-refractivity contribution in [1.82, 2.24) is 9.80 Å². The molecule has 3 heterocycles. The molecule has 214 valence electrons. The number of carbonyl (C=O) groups excluding carboxylic acids is 3. The van der Waals surface area contributed by atoms with Crippen LogP contribution in [0.15, 0.2) is 82.4 Å². The van der Waals surface area contributed by atoms with E-state index in [9.17, 15) is 14.4 Å². The minimum Gasteiger partial charge on any atom is -0.495 e. The van der Waals surface area contributed by atoms with E-state index in [1.807, 2.05) is 54.6 Å². The summed E-state index contributed by atoms with van der Waals surface area (Å²) < 4.78 is 16.8. The highest BCUT2D eigenvalue weighted by molar-refractivity contribution is 5.96. The predicted octanol–water partition coefficient (Wildman–Crippen LogP) is 4.60. The maximum atomic E-state index is 13.3. The molecule has 2 aliphatic rings. The number of ether oxygens (including phenoxy) is 2. The largest absolute Gasteiger partial charge is 0.495 e. The molecule has 3 aromatic rings. The first kappa shape index (κ1) is 28.0. The van der Waals surface area contributed by atoms with Crippen LogP contribution in [0.3, 0.4) is 0 Å². The molecule has 41 heavy (non-hydrogen) atoms. The Morgan fingerprint density at radius 1 is 0.951 bits per heavy atom. The lowest BCUT2D eigenvalue weighted by Crippen LogP contribution is -2.48. The zero-order chi connectivity index (χ0) is 28.9. The van der Waals surface area contributed by atoms with Crippen molar-refractivity contribution in [3.05, 3.63) is 95.1 Å². The maximum Gasteiger partial charge on any atom is 0.336 e. The van der Waals surface area contributed by atoms with E-state index in [4.69, 9.17) is 13.9 Å².